The second-order valence-corrected chi connectivity index (χ2v) is 5.62. The Labute approximate surface area is 110 Å². The predicted octanol–water partition coefficient (Wildman–Crippen LogP) is 1.65. The second kappa shape index (κ2) is 5.53. The molecule has 8 heteroatoms. The molecule has 0 amide bonds. The van der Waals surface area contributed by atoms with Gasteiger partial charge in [-0.3, -0.25) is 0 Å². The van der Waals surface area contributed by atoms with E-state index in [0.717, 1.165) is 0 Å². The van der Waals surface area contributed by atoms with Crippen molar-refractivity contribution in [2.24, 2.45) is 0 Å². The average molecular weight is 297 g/mol. The number of rotatable bonds is 5. The lowest BCUT2D eigenvalue weighted by atomic mass is 10.2. The molecule has 0 aliphatic heterocycles. The summed E-state index contributed by atoms with van der Waals surface area (Å²) in [5.41, 5.74) is 0. The quantitative estimate of drug-likeness (QED) is 0.769. The van der Waals surface area contributed by atoms with Crippen molar-refractivity contribution in [1.29, 1.82) is 0 Å². The number of halogens is 1. The second-order valence-electron chi connectivity index (χ2n) is 3.11. The van der Waals surface area contributed by atoms with Crippen LogP contribution in [0.15, 0.2) is 11.0 Å². The van der Waals surface area contributed by atoms with Gasteiger partial charge in [0.2, 0.25) is 0 Å². The van der Waals surface area contributed by atoms with E-state index in [2.05, 4.69) is 0 Å². The molecule has 0 N–H and O–H groups in total. The summed E-state index contributed by atoms with van der Waals surface area (Å²) in [5, 5.41) is 0. The maximum absolute atomic E-state index is 11.6. The van der Waals surface area contributed by atoms with Crippen molar-refractivity contribution in [2.45, 2.75) is 4.90 Å². The van der Waals surface area contributed by atoms with Crippen molar-refractivity contribution >= 4 is 19.7 Å². The third kappa shape index (κ3) is 2.56. The minimum absolute atomic E-state index is 0.0369. The van der Waals surface area contributed by atoms with E-state index >= 15 is 0 Å². The van der Waals surface area contributed by atoms with E-state index in [9.17, 15) is 8.42 Å². The van der Waals surface area contributed by atoms with Gasteiger partial charge in [0, 0.05) is 16.7 Å². The molecule has 0 spiro atoms. The van der Waals surface area contributed by atoms with E-state index in [0.29, 0.717) is 0 Å². The molecule has 0 unspecified atom stereocenters. The van der Waals surface area contributed by atoms with Crippen molar-refractivity contribution in [3.63, 3.8) is 0 Å². The standard InChI is InChI=1S/C10H13ClO6S/c1-14-6-5-7(15-2)9(17-4)10(8(6)16-3)18(11,12)13/h5H,1-4H3. The van der Waals surface area contributed by atoms with Gasteiger partial charge in [-0.15, -0.1) is 0 Å². The molecule has 1 aromatic rings. The van der Waals surface area contributed by atoms with Gasteiger partial charge in [0.15, 0.2) is 27.9 Å². The minimum atomic E-state index is -4.09. The fourth-order valence-electron chi connectivity index (χ4n) is 1.49. The Morgan fingerprint density at radius 1 is 0.889 bits per heavy atom. The Morgan fingerprint density at radius 2 is 1.28 bits per heavy atom. The van der Waals surface area contributed by atoms with Crippen LogP contribution < -0.4 is 18.9 Å². The smallest absolute Gasteiger partial charge is 0.268 e. The van der Waals surface area contributed by atoms with Crippen LogP contribution in [0.3, 0.4) is 0 Å². The first kappa shape index (κ1) is 14.7. The SMILES string of the molecule is COc1cc(OC)c(OC)c(S(=O)(=O)Cl)c1OC. The van der Waals surface area contributed by atoms with E-state index in [1.807, 2.05) is 0 Å². The first-order valence-corrected chi connectivity index (χ1v) is 7.03. The topological polar surface area (TPSA) is 71.1 Å². The molecule has 0 atom stereocenters. The summed E-state index contributed by atoms with van der Waals surface area (Å²) in [6.45, 7) is 0. The van der Waals surface area contributed by atoms with Crippen molar-refractivity contribution in [1.82, 2.24) is 0 Å². The Kier molecular flexibility index (Phi) is 4.53. The zero-order chi connectivity index (χ0) is 13.9. The highest BCUT2D eigenvalue weighted by atomic mass is 35.7. The maximum Gasteiger partial charge on any atom is 0.268 e. The fraction of sp³-hybridized carbons (Fsp3) is 0.400. The molecule has 102 valence electrons. The lowest BCUT2D eigenvalue weighted by Gasteiger charge is -2.16. The monoisotopic (exact) mass is 296 g/mol. The highest BCUT2D eigenvalue weighted by Gasteiger charge is 2.29. The van der Waals surface area contributed by atoms with Gasteiger partial charge in [0.25, 0.3) is 9.05 Å². The molecule has 1 rings (SSSR count). The van der Waals surface area contributed by atoms with E-state index in [1.165, 1.54) is 34.5 Å². The Morgan fingerprint density at radius 3 is 1.50 bits per heavy atom. The lowest BCUT2D eigenvalue weighted by molar-refractivity contribution is 0.315. The van der Waals surface area contributed by atoms with Crippen LogP contribution in [0.2, 0.25) is 0 Å². The zero-order valence-corrected chi connectivity index (χ0v) is 11.9. The first-order chi connectivity index (χ1) is 8.40. The molecule has 0 radical (unpaired) electrons. The largest absolute Gasteiger partial charge is 0.493 e. The summed E-state index contributed by atoms with van der Waals surface area (Å²) >= 11 is 0. The van der Waals surface area contributed by atoms with Crippen LogP contribution in [0.1, 0.15) is 0 Å². The molecular weight excluding hydrogens is 284 g/mol. The van der Waals surface area contributed by atoms with Gasteiger partial charge >= 0.3 is 0 Å². The minimum Gasteiger partial charge on any atom is -0.493 e. The third-order valence-electron chi connectivity index (χ3n) is 2.21. The Hall–Kier alpha value is -1.34. The fourth-order valence-corrected chi connectivity index (χ4v) is 2.72. The summed E-state index contributed by atoms with van der Waals surface area (Å²) in [7, 11) is 6.63. The van der Waals surface area contributed by atoms with E-state index in [-0.39, 0.29) is 27.9 Å². The Bertz CT molecular complexity index is 510. The molecule has 0 aromatic heterocycles. The molecule has 0 saturated heterocycles. The van der Waals surface area contributed by atoms with Crippen LogP contribution in [-0.2, 0) is 9.05 Å². The van der Waals surface area contributed by atoms with Gasteiger partial charge in [0.1, 0.15) is 0 Å². The number of ether oxygens (including phenoxy) is 4. The van der Waals surface area contributed by atoms with E-state index < -0.39 is 9.05 Å². The summed E-state index contributed by atoms with van der Waals surface area (Å²) in [6.07, 6.45) is 0. The van der Waals surface area contributed by atoms with Crippen LogP contribution in [0.25, 0.3) is 0 Å². The number of hydrogen-bond donors (Lipinski definition) is 0. The molecule has 0 fully saturated rings. The highest BCUT2D eigenvalue weighted by Crippen LogP contribution is 2.47. The molecule has 1 aromatic carbocycles. The van der Waals surface area contributed by atoms with Gasteiger partial charge < -0.3 is 18.9 Å². The van der Waals surface area contributed by atoms with Crippen molar-refractivity contribution < 1.29 is 27.4 Å². The molecule has 0 saturated carbocycles. The zero-order valence-electron chi connectivity index (χ0n) is 10.3. The number of hydrogen-bond acceptors (Lipinski definition) is 6. The van der Waals surface area contributed by atoms with Crippen LogP contribution in [-0.4, -0.2) is 36.9 Å². The normalized spacial score (nSPS) is 10.9. The molecule has 0 aliphatic carbocycles. The molecule has 0 heterocycles. The van der Waals surface area contributed by atoms with Gasteiger partial charge in [-0.25, -0.2) is 8.42 Å². The van der Waals surface area contributed by atoms with Crippen LogP contribution >= 0.6 is 10.7 Å². The molecule has 6 nitrogen and oxygen atoms in total. The molecule has 0 aliphatic rings. The van der Waals surface area contributed by atoms with Crippen LogP contribution in [0.4, 0.5) is 0 Å². The Balaban J connectivity index is 3.80. The van der Waals surface area contributed by atoms with Crippen LogP contribution in [0, 0.1) is 0 Å². The molecular formula is C10H13ClO6S. The average Bonchev–Trinajstić information content (AvgIpc) is 2.34. The third-order valence-corrected chi connectivity index (χ3v) is 3.54. The lowest BCUT2D eigenvalue weighted by Crippen LogP contribution is -2.04. The highest BCUT2D eigenvalue weighted by molar-refractivity contribution is 8.14. The number of benzene rings is 1. The molecule has 0 bridgehead atoms. The predicted molar refractivity (Wildman–Crippen MR) is 65.7 cm³/mol. The van der Waals surface area contributed by atoms with Gasteiger partial charge in [-0.2, -0.15) is 0 Å². The van der Waals surface area contributed by atoms with E-state index in [4.69, 9.17) is 29.6 Å². The number of methoxy groups -OCH3 is 4. The van der Waals surface area contributed by atoms with Gasteiger partial charge in [-0.05, 0) is 0 Å². The van der Waals surface area contributed by atoms with Crippen molar-refractivity contribution in [3.05, 3.63) is 6.07 Å². The molecule has 18 heavy (non-hydrogen) atoms. The maximum atomic E-state index is 11.6. The van der Waals surface area contributed by atoms with Gasteiger partial charge in [-0.1, -0.05) is 0 Å². The summed E-state index contributed by atoms with van der Waals surface area (Å²) < 4.78 is 43.3. The summed E-state index contributed by atoms with van der Waals surface area (Å²) in [4.78, 5) is -0.328. The van der Waals surface area contributed by atoms with Crippen LogP contribution in [0.5, 0.6) is 23.0 Å². The van der Waals surface area contributed by atoms with Crippen molar-refractivity contribution in [3.8, 4) is 23.0 Å². The van der Waals surface area contributed by atoms with Crippen molar-refractivity contribution in [2.75, 3.05) is 28.4 Å². The summed E-state index contributed by atoms with van der Waals surface area (Å²) in [6, 6.07) is 1.45. The van der Waals surface area contributed by atoms with E-state index in [1.54, 1.807) is 0 Å². The van der Waals surface area contributed by atoms with Gasteiger partial charge in [0.05, 0.1) is 28.4 Å². The first-order valence-electron chi connectivity index (χ1n) is 4.72. The summed E-state index contributed by atoms with van der Waals surface area (Å²) in [5.74, 6) is 0.277.